The predicted octanol–water partition coefficient (Wildman–Crippen LogP) is 4.08. The molecular formula is C25H31FN2O4. The normalized spacial score (nSPS) is 15.0. The van der Waals surface area contributed by atoms with Crippen molar-refractivity contribution in [1.29, 1.82) is 0 Å². The van der Waals surface area contributed by atoms with E-state index in [-0.39, 0.29) is 36.8 Å². The van der Waals surface area contributed by atoms with Gasteiger partial charge in [-0.25, -0.2) is 4.39 Å². The summed E-state index contributed by atoms with van der Waals surface area (Å²) in [7, 11) is 1.58. The van der Waals surface area contributed by atoms with Crippen molar-refractivity contribution in [1.82, 2.24) is 10.2 Å². The van der Waals surface area contributed by atoms with Crippen molar-refractivity contribution in [3.8, 4) is 11.5 Å². The van der Waals surface area contributed by atoms with Crippen LogP contribution in [-0.2, 0) is 16.1 Å². The van der Waals surface area contributed by atoms with E-state index in [1.165, 1.54) is 23.5 Å². The molecule has 0 heterocycles. The van der Waals surface area contributed by atoms with Gasteiger partial charge in [-0.15, -0.1) is 0 Å². The van der Waals surface area contributed by atoms with Crippen LogP contribution in [0.25, 0.3) is 0 Å². The number of hydrogen-bond acceptors (Lipinski definition) is 4. The Morgan fingerprint density at radius 2 is 1.66 bits per heavy atom. The van der Waals surface area contributed by atoms with Crippen molar-refractivity contribution in [2.75, 3.05) is 13.7 Å². The van der Waals surface area contributed by atoms with E-state index in [0.29, 0.717) is 11.5 Å². The van der Waals surface area contributed by atoms with Gasteiger partial charge in [0, 0.05) is 12.6 Å². The molecule has 7 heteroatoms. The van der Waals surface area contributed by atoms with Gasteiger partial charge in [-0.05, 0) is 61.7 Å². The van der Waals surface area contributed by atoms with Gasteiger partial charge >= 0.3 is 0 Å². The number of nitrogens with one attached hydrogen (secondary N) is 1. The Morgan fingerprint density at radius 3 is 2.28 bits per heavy atom. The van der Waals surface area contributed by atoms with Gasteiger partial charge in [0.15, 0.2) is 6.61 Å². The smallest absolute Gasteiger partial charge is 0.261 e. The highest BCUT2D eigenvalue weighted by Crippen LogP contribution is 2.19. The molecule has 1 atom stereocenters. The highest BCUT2D eigenvalue weighted by Gasteiger charge is 2.28. The van der Waals surface area contributed by atoms with Gasteiger partial charge in [-0.2, -0.15) is 0 Å². The van der Waals surface area contributed by atoms with Crippen LogP contribution < -0.4 is 14.8 Å². The number of methoxy groups -OCH3 is 1. The Bertz CT molecular complexity index is 880. The molecule has 1 N–H and O–H groups in total. The first-order chi connectivity index (χ1) is 15.5. The van der Waals surface area contributed by atoms with Gasteiger partial charge < -0.3 is 19.7 Å². The molecule has 2 amide bonds. The van der Waals surface area contributed by atoms with Gasteiger partial charge in [0.05, 0.1) is 7.11 Å². The molecule has 0 spiro atoms. The lowest BCUT2D eigenvalue weighted by Gasteiger charge is -2.31. The largest absolute Gasteiger partial charge is 0.497 e. The molecule has 32 heavy (non-hydrogen) atoms. The van der Waals surface area contributed by atoms with Crippen LogP contribution in [0, 0.1) is 5.82 Å². The van der Waals surface area contributed by atoms with E-state index in [9.17, 15) is 14.0 Å². The van der Waals surface area contributed by atoms with Gasteiger partial charge in [-0.1, -0.05) is 31.4 Å². The van der Waals surface area contributed by atoms with Crippen LogP contribution >= 0.6 is 0 Å². The summed E-state index contributed by atoms with van der Waals surface area (Å²) in [6.45, 7) is 1.69. The van der Waals surface area contributed by atoms with Crippen LogP contribution in [0.2, 0.25) is 0 Å². The lowest BCUT2D eigenvalue weighted by molar-refractivity contribution is -0.142. The third-order valence-corrected chi connectivity index (χ3v) is 5.81. The molecule has 172 valence electrons. The van der Waals surface area contributed by atoms with E-state index in [4.69, 9.17) is 9.47 Å². The van der Waals surface area contributed by atoms with E-state index in [1.807, 2.05) is 0 Å². The second-order valence-electron chi connectivity index (χ2n) is 8.13. The Balaban J connectivity index is 1.68. The predicted molar refractivity (Wildman–Crippen MR) is 120 cm³/mol. The number of benzene rings is 2. The average Bonchev–Trinajstić information content (AvgIpc) is 2.82. The molecule has 1 aliphatic rings. The van der Waals surface area contributed by atoms with Crippen LogP contribution in [-0.4, -0.2) is 42.5 Å². The summed E-state index contributed by atoms with van der Waals surface area (Å²) in [5.41, 5.74) is 0.738. The van der Waals surface area contributed by atoms with E-state index in [2.05, 4.69) is 5.32 Å². The van der Waals surface area contributed by atoms with Crippen molar-refractivity contribution in [3.63, 3.8) is 0 Å². The maximum atomic E-state index is 13.3. The number of ether oxygens (including phenoxy) is 2. The van der Waals surface area contributed by atoms with E-state index >= 15 is 0 Å². The molecule has 0 radical (unpaired) electrons. The van der Waals surface area contributed by atoms with Crippen LogP contribution in [0.15, 0.2) is 48.5 Å². The minimum atomic E-state index is -0.686. The highest BCUT2D eigenvalue weighted by atomic mass is 19.1. The number of halogens is 1. The van der Waals surface area contributed by atoms with Crippen molar-refractivity contribution >= 4 is 11.8 Å². The first kappa shape index (κ1) is 23.6. The lowest BCUT2D eigenvalue weighted by atomic mass is 9.95. The minimum Gasteiger partial charge on any atom is -0.497 e. The Labute approximate surface area is 188 Å². The molecule has 2 aromatic carbocycles. The Hall–Kier alpha value is -3.09. The fourth-order valence-corrected chi connectivity index (χ4v) is 3.84. The molecule has 1 saturated carbocycles. The molecule has 3 rings (SSSR count). The third kappa shape index (κ3) is 6.70. The molecule has 2 aromatic rings. The Kier molecular flexibility index (Phi) is 8.48. The van der Waals surface area contributed by atoms with E-state index in [0.717, 1.165) is 31.2 Å². The van der Waals surface area contributed by atoms with Gasteiger partial charge in [-0.3, -0.25) is 9.59 Å². The molecule has 0 bridgehead atoms. The lowest BCUT2D eigenvalue weighted by Crippen LogP contribution is -2.51. The number of nitrogens with zero attached hydrogens (tertiary/aromatic N) is 1. The third-order valence-electron chi connectivity index (χ3n) is 5.81. The SMILES string of the molecule is COc1ccc(OCC(=O)N(Cc2ccc(F)cc2)[C@H](C)C(=O)NC2CCCCC2)cc1. The summed E-state index contributed by atoms with van der Waals surface area (Å²) >= 11 is 0. The molecule has 0 unspecified atom stereocenters. The zero-order chi connectivity index (χ0) is 22.9. The van der Waals surface area contributed by atoms with Crippen molar-refractivity contribution in [2.24, 2.45) is 0 Å². The monoisotopic (exact) mass is 442 g/mol. The summed E-state index contributed by atoms with van der Waals surface area (Å²) in [5, 5.41) is 3.09. The van der Waals surface area contributed by atoms with Crippen molar-refractivity contribution < 1.29 is 23.5 Å². The maximum Gasteiger partial charge on any atom is 0.261 e. The summed E-state index contributed by atoms with van der Waals surface area (Å²) in [6.07, 6.45) is 5.33. The van der Waals surface area contributed by atoms with Crippen LogP contribution in [0.1, 0.15) is 44.6 Å². The van der Waals surface area contributed by atoms with E-state index < -0.39 is 6.04 Å². The van der Waals surface area contributed by atoms with Crippen LogP contribution in [0.5, 0.6) is 11.5 Å². The molecule has 0 saturated heterocycles. The van der Waals surface area contributed by atoms with Crippen molar-refractivity contribution in [3.05, 3.63) is 59.9 Å². The first-order valence-corrected chi connectivity index (χ1v) is 11.1. The molecular weight excluding hydrogens is 411 g/mol. The van der Waals surface area contributed by atoms with Gasteiger partial charge in [0.2, 0.25) is 5.91 Å². The van der Waals surface area contributed by atoms with Gasteiger partial charge in [0.25, 0.3) is 5.91 Å². The fourth-order valence-electron chi connectivity index (χ4n) is 3.84. The number of hydrogen-bond donors (Lipinski definition) is 1. The first-order valence-electron chi connectivity index (χ1n) is 11.1. The molecule has 1 fully saturated rings. The summed E-state index contributed by atoms with van der Waals surface area (Å²) in [4.78, 5) is 27.5. The number of carbonyl (C=O) groups excluding carboxylic acids is 2. The molecule has 6 nitrogen and oxygen atoms in total. The Morgan fingerprint density at radius 1 is 1.03 bits per heavy atom. The molecule has 0 aromatic heterocycles. The zero-order valence-corrected chi connectivity index (χ0v) is 18.7. The summed E-state index contributed by atoms with van der Waals surface area (Å²) in [5.74, 6) is 0.362. The summed E-state index contributed by atoms with van der Waals surface area (Å²) in [6, 6.07) is 12.3. The number of rotatable bonds is 9. The minimum absolute atomic E-state index is 0.150. The fraction of sp³-hybridized carbons (Fsp3) is 0.440. The zero-order valence-electron chi connectivity index (χ0n) is 18.7. The number of amides is 2. The number of carbonyl (C=O) groups is 2. The average molecular weight is 443 g/mol. The topological polar surface area (TPSA) is 67.9 Å². The van der Waals surface area contributed by atoms with Gasteiger partial charge in [0.1, 0.15) is 23.4 Å². The van der Waals surface area contributed by atoms with Crippen LogP contribution in [0.4, 0.5) is 4.39 Å². The maximum absolute atomic E-state index is 13.3. The molecule has 0 aliphatic heterocycles. The quantitative estimate of drug-likeness (QED) is 0.636. The van der Waals surface area contributed by atoms with Crippen LogP contribution in [0.3, 0.4) is 0 Å². The molecule has 1 aliphatic carbocycles. The highest BCUT2D eigenvalue weighted by molar-refractivity contribution is 5.88. The van der Waals surface area contributed by atoms with E-state index in [1.54, 1.807) is 50.4 Å². The summed E-state index contributed by atoms with van der Waals surface area (Å²) < 4.78 is 24.1. The van der Waals surface area contributed by atoms with Crippen molar-refractivity contribution in [2.45, 2.75) is 57.7 Å². The second-order valence-corrected chi connectivity index (χ2v) is 8.13. The standard InChI is InChI=1S/C25H31FN2O4/c1-18(25(30)27-21-6-4-3-5-7-21)28(16-19-8-10-20(26)11-9-19)24(29)17-32-23-14-12-22(31-2)13-15-23/h8-15,18,21H,3-7,16-17H2,1-2H3,(H,27,30)/t18-/m1/s1. The second kappa shape index (κ2) is 11.5.